The second-order valence-electron chi connectivity index (χ2n) is 4.31. The van der Waals surface area contributed by atoms with Gasteiger partial charge in [-0.1, -0.05) is 25.7 Å². The summed E-state index contributed by atoms with van der Waals surface area (Å²) in [6, 6.07) is 0. The summed E-state index contributed by atoms with van der Waals surface area (Å²) in [5, 5.41) is 21.1. The molecule has 0 aromatic carbocycles. The lowest BCUT2D eigenvalue weighted by molar-refractivity contribution is -0.145. The Morgan fingerprint density at radius 2 is 1.80 bits per heavy atom. The van der Waals surface area contributed by atoms with Gasteiger partial charge in [-0.25, -0.2) is 0 Å². The van der Waals surface area contributed by atoms with Crippen LogP contribution in [0.1, 0.15) is 44.9 Å². The number of rotatable bonds is 5. The van der Waals surface area contributed by atoms with Crippen LogP contribution in [0.25, 0.3) is 0 Å². The van der Waals surface area contributed by atoms with Crippen molar-refractivity contribution in [3.63, 3.8) is 0 Å². The fourth-order valence-electron chi connectivity index (χ4n) is 2.21. The fraction of sp³-hybridized carbons (Fsp3) is 0.909. The summed E-state index contributed by atoms with van der Waals surface area (Å²) in [5.41, 5.74) is -0.730. The van der Waals surface area contributed by atoms with Crippen molar-refractivity contribution in [2.75, 3.05) is 13.2 Å². The van der Waals surface area contributed by atoms with Crippen LogP contribution < -0.4 is 5.32 Å². The SMILES string of the molecule is O=C(O)C1(NCCCO)CCCCCC1. The quantitative estimate of drug-likeness (QED) is 0.475. The average Bonchev–Trinajstić information content (AvgIpc) is 2.45. The summed E-state index contributed by atoms with van der Waals surface area (Å²) in [7, 11) is 0. The van der Waals surface area contributed by atoms with Crippen LogP contribution in [0.3, 0.4) is 0 Å². The lowest BCUT2D eigenvalue weighted by Crippen LogP contribution is -2.52. The topological polar surface area (TPSA) is 69.6 Å². The van der Waals surface area contributed by atoms with E-state index in [1.807, 2.05) is 0 Å². The van der Waals surface area contributed by atoms with Gasteiger partial charge < -0.3 is 15.5 Å². The highest BCUT2D eigenvalue weighted by Gasteiger charge is 2.37. The molecule has 3 N–H and O–H groups in total. The molecule has 0 amide bonds. The molecular formula is C11H21NO3. The van der Waals surface area contributed by atoms with Crippen LogP contribution in [0, 0.1) is 0 Å². The van der Waals surface area contributed by atoms with E-state index < -0.39 is 11.5 Å². The minimum Gasteiger partial charge on any atom is -0.480 e. The third-order valence-corrected chi connectivity index (χ3v) is 3.16. The van der Waals surface area contributed by atoms with Gasteiger partial charge in [-0.2, -0.15) is 0 Å². The highest BCUT2D eigenvalue weighted by molar-refractivity contribution is 5.78. The monoisotopic (exact) mass is 215 g/mol. The summed E-state index contributed by atoms with van der Waals surface area (Å²) in [6.07, 6.45) is 6.29. The standard InChI is InChI=1S/C11H21NO3/c13-9-5-8-12-11(10(14)15)6-3-1-2-4-7-11/h12-13H,1-9H2,(H,14,15). The normalized spacial score (nSPS) is 20.9. The van der Waals surface area contributed by atoms with Gasteiger partial charge in [-0.05, 0) is 25.8 Å². The van der Waals surface area contributed by atoms with Gasteiger partial charge >= 0.3 is 5.97 Å². The van der Waals surface area contributed by atoms with Crippen molar-refractivity contribution in [1.82, 2.24) is 5.32 Å². The number of hydrogen-bond donors (Lipinski definition) is 3. The van der Waals surface area contributed by atoms with E-state index in [2.05, 4.69) is 5.32 Å². The third kappa shape index (κ3) is 3.47. The van der Waals surface area contributed by atoms with E-state index in [1.54, 1.807) is 0 Å². The van der Waals surface area contributed by atoms with Gasteiger partial charge in [-0.3, -0.25) is 4.79 Å². The molecule has 0 aromatic heterocycles. The number of aliphatic hydroxyl groups excluding tert-OH is 1. The van der Waals surface area contributed by atoms with Gasteiger partial charge in [0.2, 0.25) is 0 Å². The second kappa shape index (κ2) is 6.08. The van der Waals surface area contributed by atoms with E-state index in [0.717, 1.165) is 25.7 Å². The van der Waals surface area contributed by atoms with Crippen molar-refractivity contribution in [3.05, 3.63) is 0 Å². The molecule has 0 unspecified atom stereocenters. The Kier molecular flexibility index (Phi) is 5.05. The molecule has 0 aliphatic heterocycles. The summed E-state index contributed by atoms with van der Waals surface area (Å²) in [4.78, 5) is 11.3. The van der Waals surface area contributed by atoms with Crippen LogP contribution >= 0.6 is 0 Å². The minimum atomic E-state index is -0.734. The number of carboxylic acid groups (broad SMARTS) is 1. The summed E-state index contributed by atoms with van der Waals surface area (Å²) < 4.78 is 0. The summed E-state index contributed by atoms with van der Waals surface area (Å²) >= 11 is 0. The molecule has 4 heteroatoms. The van der Waals surface area contributed by atoms with Gasteiger partial charge in [-0.15, -0.1) is 0 Å². The highest BCUT2D eigenvalue weighted by Crippen LogP contribution is 2.27. The Morgan fingerprint density at radius 3 is 2.27 bits per heavy atom. The molecule has 1 aliphatic rings. The summed E-state index contributed by atoms with van der Waals surface area (Å²) in [6.45, 7) is 0.700. The first-order chi connectivity index (χ1) is 7.21. The predicted molar refractivity (Wildman–Crippen MR) is 57.8 cm³/mol. The maximum Gasteiger partial charge on any atom is 0.323 e. The van der Waals surface area contributed by atoms with E-state index in [0.29, 0.717) is 25.8 Å². The van der Waals surface area contributed by atoms with Crippen molar-refractivity contribution < 1.29 is 15.0 Å². The van der Waals surface area contributed by atoms with Crippen molar-refractivity contribution in [1.29, 1.82) is 0 Å². The Balaban J connectivity index is 2.55. The Morgan fingerprint density at radius 1 is 1.20 bits per heavy atom. The number of aliphatic carboxylic acids is 1. The van der Waals surface area contributed by atoms with Crippen molar-refractivity contribution >= 4 is 5.97 Å². The van der Waals surface area contributed by atoms with E-state index in [1.165, 1.54) is 0 Å². The van der Waals surface area contributed by atoms with Gasteiger partial charge in [0.05, 0.1) is 0 Å². The molecule has 88 valence electrons. The van der Waals surface area contributed by atoms with Crippen molar-refractivity contribution in [2.24, 2.45) is 0 Å². The molecule has 1 saturated carbocycles. The molecule has 1 aliphatic carbocycles. The van der Waals surface area contributed by atoms with E-state index in [4.69, 9.17) is 5.11 Å². The molecule has 1 rings (SSSR count). The Bertz CT molecular complexity index is 198. The molecule has 0 saturated heterocycles. The predicted octanol–water partition coefficient (Wildman–Crippen LogP) is 1.14. The Hall–Kier alpha value is -0.610. The Labute approximate surface area is 90.7 Å². The van der Waals surface area contributed by atoms with Crippen LogP contribution in [0.15, 0.2) is 0 Å². The molecule has 0 aromatic rings. The number of carboxylic acids is 1. The molecular weight excluding hydrogens is 194 g/mol. The average molecular weight is 215 g/mol. The van der Waals surface area contributed by atoms with Crippen LogP contribution in [0.5, 0.6) is 0 Å². The minimum absolute atomic E-state index is 0.114. The second-order valence-corrected chi connectivity index (χ2v) is 4.31. The van der Waals surface area contributed by atoms with Crippen molar-refractivity contribution in [2.45, 2.75) is 50.5 Å². The molecule has 0 heterocycles. The zero-order valence-corrected chi connectivity index (χ0v) is 9.17. The number of nitrogens with one attached hydrogen (secondary N) is 1. The molecule has 0 radical (unpaired) electrons. The molecule has 15 heavy (non-hydrogen) atoms. The zero-order valence-electron chi connectivity index (χ0n) is 9.17. The van der Waals surface area contributed by atoms with Crippen LogP contribution in [0.2, 0.25) is 0 Å². The van der Waals surface area contributed by atoms with Gasteiger partial charge in [0.1, 0.15) is 5.54 Å². The maximum absolute atomic E-state index is 11.3. The number of carbonyl (C=O) groups is 1. The number of aliphatic hydroxyl groups is 1. The molecule has 1 fully saturated rings. The molecule has 0 atom stereocenters. The number of hydrogen-bond acceptors (Lipinski definition) is 3. The molecule has 4 nitrogen and oxygen atoms in total. The first-order valence-corrected chi connectivity index (χ1v) is 5.80. The van der Waals surface area contributed by atoms with Gasteiger partial charge in [0.15, 0.2) is 0 Å². The van der Waals surface area contributed by atoms with Crippen LogP contribution in [0.4, 0.5) is 0 Å². The lowest BCUT2D eigenvalue weighted by atomic mass is 9.90. The highest BCUT2D eigenvalue weighted by atomic mass is 16.4. The van der Waals surface area contributed by atoms with E-state index in [9.17, 15) is 9.90 Å². The third-order valence-electron chi connectivity index (χ3n) is 3.16. The smallest absolute Gasteiger partial charge is 0.323 e. The lowest BCUT2D eigenvalue weighted by Gasteiger charge is -2.29. The zero-order chi connectivity index (χ0) is 11.1. The fourth-order valence-corrected chi connectivity index (χ4v) is 2.21. The van der Waals surface area contributed by atoms with E-state index >= 15 is 0 Å². The van der Waals surface area contributed by atoms with Crippen molar-refractivity contribution in [3.8, 4) is 0 Å². The van der Waals surface area contributed by atoms with Gasteiger partial charge in [0, 0.05) is 6.61 Å². The van der Waals surface area contributed by atoms with Crippen LogP contribution in [-0.4, -0.2) is 34.9 Å². The van der Waals surface area contributed by atoms with Crippen LogP contribution in [-0.2, 0) is 4.79 Å². The first-order valence-electron chi connectivity index (χ1n) is 5.80. The molecule has 0 bridgehead atoms. The van der Waals surface area contributed by atoms with E-state index in [-0.39, 0.29) is 6.61 Å². The van der Waals surface area contributed by atoms with Gasteiger partial charge in [0.25, 0.3) is 0 Å². The first kappa shape index (κ1) is 12.5. The maximum atomic E-state index is 11.3. The molecule has 0 spiro atoms. The largest absolute Gasteiger partial charge is 0.480 e. The summed E-state index contributed by atoms with van der Waals surface area (Å²) in [5.74, 6) is -0.734.